The van der Waals surface area contributed by atoms with Gasteiger partial charge in [0.1, 0.15) is 28.5 Å². The van der Waals surface area contributed by atoms with Gasteiger partial charge in [0.2, 0.25) is 0 Å². The molecule has 0 saturated carbocycles. The van der Waals surface area contributed by atoms with Crippen LogP contribution >= 0.6 is 7.26 Å². The van der Waals surface area contributed by atoms with E-state index < -0.39 is 7.26 Å². The van der Waals surface area contributed by atoms with E-state index >= 15 is 0 Å². The van der Waals surface area contributed by atoms with Crippen LogP contribution in [0.3, 0.4) is 0 Å². The van der Waals surface area contributed by atoms with Gasteiger partial charge in [0.05, 0.1) is 5.69 Å². The van der Waals surface area contributed by atoms with Gasteiger partial charge in [-0.3, -0.25) is 5.01 Å². The number of piperidine rings is 1. The van der Waals surface area contributed by atoms with Crippen LogP contribution < -0.4 is 45.2 Å². The Labute approximate surface area is 220 Å². The van der Waals surface area contributed by atoms with Crippen LogP contribution in [-0.4, -0.2) is 18.1 Å². The number of hydrogen-bond acceptors (Lipinski definition) is 2. The molecule has 0 aromatic heterocycles. The van der Waals surface area contributed by atoms with Gasteiger partial charge in [-0.05, 0) is 79.9 Å². The first-order valence-corrected chi connectivity index (χ1v) is 13.5. The zero-order valence-electron chi connectivity index (χ0n) is 19.2. The fourth-order valence-electron chi connectivity index (χ4n) is 4.67. The van der Waals surface area contributed by atoms with Gasteiger partial charge in [-0.1, -0.05) is 59.8 Å². The SMILES string of the molecule is [I-].c1ccc([P+](c2ccccc2)(c2ccccc2)c2ccc(N=NN3CCCCC3)cc2)cc1. The summed E-state index contributed by atoms with van der Waals surface area (Å²) in [6.07, 6.45) is 3.71. The highest BCUT2D eigenvalue weighted by Crippen LogP contribution is 2.54. The molecule has 5 heteroatoms. The molecule has 5 rings (SSSR count). The van der Waals surface area contributed by atoms with Crippen LogP contribution in [0.4, 0.5) is 5.69 Å². The first-order valence-electron chi connectivity index (χ1n) is 11.7. The maximum absolute atomic E-state index is 4.53. The van der Waals surface area contributed by atoms with Crippen LogP contribution in [0.5, 0.6) is 0 Å². The molecule has 1 aliphatic rings. The molecule has 0 bridgehead atoms. The van der Waals surface area contributed by atoms with Crippen LogP contribution in [0.1, 0.15) is 19.3 Å². The molecule has 3 nitrogen and oxygen atoms in total. The molecule has 1 heterocycles. The molecule has 0 atom stereocenters. The van der Waals surface area contributed by atoms with Gasteiger partial charge in [0.15, 0.2) is 0 Å². The first-order chi connectivity index (χ1) is 16.4. The number of benzene rings is 4. The van der Waals surface area contributed by atoms with Crippen molar-refractivity contribution in [3.63, 3.8) is 0 Å². The van der Waals surface area contributed by atoms with Crippen molar-refractivity contribution in [2.45, 2.75) is 19.3 Å². The summed E-state index contributed by atoms with van der Waals surface area (Å²) in [5.41, 5.74) is 0.900. The second-order valence-electron chi connectivity index (χ2n) is 8.40. The second kappa shape index (κ2) is 11.7. The lowest BCUT2D eigenvalue weighted by Gasteiger charge is -2.27. The maximum atomic E-state index is 4.53. The minimum atomic E-state index is -2.05. The van der Waals surface area contributed by atoms with E-state index in [1.165, 1.54) is 40.5 Å². The molecule has 172 valence electrons. The van der Waals surface area contributed by atoms with E-state index in [4.69, 9.17) is 0 Å². The topological polar surface area (TPSA) is 28.0 Å². The molecular weight excluding hydrogens is 548 g/mol. The number of hydrogen-bond donors (Lipinski definition) is 0. The highest BCUT2D eigenvalue weighted by Gasteiger charge is 2.47. The third-order valence-electron chi connectivity index (χ3n) is 6.29. The molecule has 0 unspecified atom stereocenters. The Balaban J connectivity index is 0.00000274. The lowest BCUT2D eigenvalue weighted by atomic mass is 10.2. The average Bonchev–Trinajstić information content (AvgIpc) is 2.91. The summed E-state index contributed by atoms with van der Waals surface area (Å²) in [5, 5.41) is 16.5. The van der Waals surface area contributed by atoms with Gasteiger partial charge in [-0.15, -0.1) is 5.11 Å². The largest absolute Gasteiger partial charge is 1.00 e. The van der Waals surface area contributed by atoms with Crippen LogP contribution in [0, 0.1) is 0 Å². The van der Waals surface area contributed by atoms with Crippen molar-refractivity contribution in [1.29, 1.82) is 0 Å². The zero-order chi connectivity index (χ0) is 22.3. The molecular formula is C29H29IN3P. The molecule has 4 aromatic rings. The highest BCUT2D eigenvalue weighted by molar-refractivity contribution is 8.01. The summed E-state index contributed by atoms with van der Waals surface area (Å²) < 4.78 is 0. The van der Waals surface area contributed by atoms with E-state index in [0.29, 0.717) is 0 Å². The molecule has 4 aromatic carbocycles. The first kappa shape index (κ1) is 24.6. The van der Waals surface area contributed by atoms with Crippen LogP contribution in [0.2, 0.25) is 0 Å². The zero-order valence-corrected chi connectivity index (χ0v) is 22.2. The predicted molar refractivity (Wildman–Crippen MR) is 141 cm³/mol. The summed E-state index contributed by atoms with van der Waals surface area (Å²) in [5.74, 6) is 0. The Morgan fingerprint density at radius 3 is 1.35 bits per heavy atom. The minimum Gasteiger partial charge on any atom is -1.00 e. The van der Waals surface area contributed by atoms with E-state index in [-0.39, 0.29) is 24.0 Å². The normalized spacial score (nSPS) is 14.1. The minimum absolute atomic E-state index is 0. The third-order valence-corrected chi connectivity index (χ3v) is 10.6. The Morgan fingerprint density at radius 2 is 0.912 bits per heavy atom. The van der Waals surface area contributed by atoms with E-state index in [1.54, 1.807) is 0 Å². The van der Waals surface area contributed by atoms with Gasteiger partial charge >= 0.3 is 0 Å². The van der Waals surface area contributed by atoms with Crippen molar-refractivity contribution in [1.82, 2.24) is 5.01 Å². The average molecular weight is 577 g/mol. The molecule has 34 heavy (non-hydrogen) atoms. The van der Waals surface area contributed by atoms with E-state index in [0.717, 1.165) is 18.8 Å². The van der Waals surface area contributed by atoms with Crippen molar-refractivity contribution in [3.05, 3.63) is 115 Å². The third kappa shape index (κ3) is 5.08. The van der Waals surface area contributed by atoms with Crippen molar-refractivity contribution in [3.8, 4) is 0 Å². The van der Waals surface area contributed by atoms with E-state index in [1.807, 2.05) is 0 Å². The number of nitrogens with zero attached hydrogens (tertiary/aromatic N) is 3. The summed E-state index contributed by atoms with van der Waals surface area (Å²) in [6.45, 7) is 2.01. The summed E-state index contributed by atoms with van der Waals surface area (Å²) >= 11 is 0. The maximum Gasteiger partial charge on any atom is 0.144 e. The van der Waals surface area contributed by atoms with Gasteiger partial charge in [-0.2, -0.15) is 0 Å². The molecule has 0 spiro atoms. The van der Waals surface area contributed by atoms with E-state index in [9.17, 15) is 0 Å². The summed E-state index contributed by atoms with van der Waals surface area (Å²) in [7, 11) is -2.05. The van der Waals surface area contributed by atoms with Gasteiger partial charge in [0.25, 0.3) is 0 Å². The Morgan fingerprint density at radius 1 is 0.500 bits per heavy atom. The van der Waals surface area contributed by atoms with Crippen LogP contribution in [0.15, 0.2) is 126 Å². The monoisotopic (exact) mass is 577 g/mol. The van der Waals surface area contributed by atoms with Gasteiger partial charge < -0.3 is 24.0 Å². The van der Waals surface area contributed by atoms with Gasteiger partial charge in [0, 0.05) is 13.1 Å². The molecule has 1 saturated heterocycles. The molecule has 0 N–H and O–H groups in total. The molecule has 0 aliphatic carbocycles. The highest BCUT2D eigenvalue weighted by atomic mass is 127. The Bertz CT molecular complexity index is 1080. The van der Waals surface area contributed by atoms with Crippen LogP contribution in [-0.2, 0) is 0 Å². The summed E-state index contributed by atoms with van der Waals surface area (Å²) in [4.78, 5) is 0. The smallest absolute Gasteiger partial charge is 0.144 e. The van der Waals surface area contributed by atoms with E-state index in [2.05, 4.69) is 131 Å². The fourth-order valence-corrected chi connectivity index (χ4v) is 8.92. The van der Waals surface area contributed by atoms with Crippen molar-refractivity contribution >= 4 is 34.2 Å². The van der Waals surface area contributed by atoms with Gasteiger partial charge in [-0.25, -0.2) is 0 Å². The standard InChI is InChI=1S/C29H29N3P.HI/c1-5-13-26(14-6-1)33(27-15-7-2-8-16-27,28-17-9-3-10-18-28)29-21-19-25(20-22-29)30-31-32-23-11-4-12-24-32;/h1-3,5-10,13-22H,4,11-12,23-24H2;1H/q+1;/p-1. The molecule has 0 amide bonds. The number of halogens is 1. The number of rotatable bonds is 6. The Hall–Kier alpha value is -2.56. The summed E-state index contributed by atoms with van der Waals surface area (Å²) in [6, 6.07) is 41.6. The molecule has 1 fully saturated rings. The fraction of sp³-hybridized carbons (Fsp3) is 0.172. The molecule has 1 aliphatic heterocycles. The molecule has 0 radical (unpaired) electrons. The lowest BCUT2D eigenvalue weighted by molar-refractivity contribution is -0.00000647. The van der Waals surface area contributed by atoms with Crippen molar-refractivity contribution < 1.29 is 24.0 Å². The predicted octanol–water partition coefficient (Wildman–Crippen LogP) is 2.79. The van der Waals surface area contributed by atoms with Crippen molar-refractivity contribution in [2.24, 2.45) is 10.3 Å². The second-order valence-corrected chi connectivity index (χ2v) is 11.8. The quantitative estimate of drug-likeness (QED) is 0.197. The van der Waals surface area contributed by atoms with Crippen LogP contribution in [0.25, 0.3) is 0 Å². The Kier molecular flexibility index (Phi) is 8.47. The lowest BCUT2D eigenvalue weighted by Crippen LogP contribution is -3.00. The van der Waals surface area contributed by atoms with Crippen molar-refractivity contribution in [2.75, 3.05) is 13.1 Å².